The van der Waals surface area contributed by atoms with Gasteiger partial charge in [0, 0.05) is 26.2 Å². The predicted octanol–water partition coefficient (Wildman–Crippen LogP) is 1.86. The zero-order valence-electron chi connectivity index (χ0n) is 15.3. The zero-order valence-corrected chi connectivity index (χ0v) is 15.3. The van der Waals surface area contributed by atoms with E-state index in [2.05, 4.69) is 25.5 Å². The standard InChI is InChI=1S/C18H26N6O2/c1-13-3-4-15(25-2)14(11-13)23-18-16(19)17(21-12-22-18)20-5-6-24-7-9-26-10-8-24/h3-4,11-12H,5-10,19H2,1-2H3,(H2,20,21,22,23). The van der Waals surface area contributed by atoms with Crippen molar-refractivity contribution in [2.24, 2.45) is 0 Å². The van der Waals surface area contributed by atoms with Crippen molar-refractivity contribution in [3.8, 4) is 5.75 Å². The number of nitrogens with two attached hydrogens (primary N) is 1. The first-order valence-corrected chi connectivity index (χ1v) is 8.73. The van der Waals surface area contributed by atoms with Crippen LogP contribution in [0.1, 0.15) is 5.56 Å². The highest BCUT2D eigenvalue weighted by Crippen LogP contribution is 2.31. The van der Waals surface area contributed by atoms with Gasteiger partial charge in [0.05, 0.1) is 26.0 Å². The number of hydrogen-bond acceptors (Lipinski definition) is 8. The van der Waals surface area contributed by atoms with Crippen LogP contribution in [0.2, 0.25) is 0 Å². The van der Waals surface area contributed by atoms with Crippen LogP contribution >= 0.6 is 0 Å². The second-order valence-electron chi connectivity index (χ2n) is 6.19. The third-order valence-corrected chi connectivity index (χ3v) is 4.32. The molecular weight excluding hydrogens is 332 g/mol. The molecule has 2 heterocycles. The molecule has 0 spiro atoms. The van der Waals surface area contributed by atoms with Gasteiger partial charge in [0.15, 0.2) is 11.6 Å². The van der Waals surface area contributed by atoms with E-state index in [4.69, 9.17) is 15.2 Å². The molecule has 1 saturated heterocycles. The Morgan fingerprint density at radius 3 is 2.77 bits per heavy atom. The van der Waals surface area contributed by atoms with Crippen LogP contribution in [0.3, 0.4) is 0 Å². The average molecular weight is 358 g/mol. The molecule has 1 fully saturated rings. The number of anilines is 4. The highest BCUT2D eigenvalue weighted by Gasteiger charge is 2.13. The van der Waals surface area contributed by atoms with Crippen LogP contribution in [-0.4, -0.2) is 61.4 Å². The van der Waals surface area contributed by atoms with Gasteiger partial charge in [0.1, 0.15) is 17.8 Å². The lowest BCUT2D eigenvalue weighted by Crippen LogP contribution is -2.39. The lowest BCUT2D eigenvalue weighted by molar-refractivity contribution is 0.0398. The maximum absolute atomic E-state index is 6.26. The molecule has 0 bridgehead atoms. The molecule has 1 aromatic heterocycles. The van der Waals surface area contributed by atoms with E-state index in [1.807, 2.05) is 25.1 Å². The summed E-state index contributed by atoms with van der Waals surface area (Å²) in [6, 6.07) is 5.90. The third kappa shape index (κ3) is 4.53. The van der Waals surface area contributed by atoms with Gasteiger partial charge in [-0.25, -0.2) is 9.97 Å². The van der Waals surface area contributed by atoms with Gasteiger partial charge in [-0.05, 0) is 24.6 Å². The first-order chi connectivity index (χ1) is 12.7. The number of nitrogens with zero attached hydrogens (tertiary/aromatic N) is 3. The molecule has 0 radical (unpaired) electrons. The highest BCUT2D eigenvalue weighted by atomic mass is 16.5. The van der Waals surface area contributed by atoms with Crippen LogP contribution in [0, 0.1) is 6.92 Å². The Morgan fingerprint density at radius 1 is 1.23 bits per heavy atom. The largest absolute Gasteiger partial charge is 0.495 e. The molecule has 0 amide bonds. The van der Waals surface area contributed by atoms with Crippen molar-refractivity contribution in [1.82, 2.24) is 14.9 Å². The molecule has 140 valence electrons. The highest BCUT2D eigenvalue weighted by molar-refractivity contribution is 5.79. The third-order valence-electron chi connectivity index (χ3n) is 4.32. The van der Waals surface area contributed by atoms with Crippen molar-refractivity contribution in [3.63, 3.8) is 0 Å². The molecule has 26 heavy (non-hydrogen) atoms. The number of morpholine rings is 1. The summed E-state index contributed by atoms with van der Waals surface area (Å²) < 4.78 is 10.8. The lowest BCUT2D eigenvalue weighted by Gasteiger charge is -2.26. The summed E-state index contributed by atoms with van der Waals surface area (Å²) in [7, 11) is 1.64. The number of hydrogen-bond donors (Lipinski definition) is 3. The number of aromatic nitrogens is 2. The Bertz CT molecular complexity index is 734. The molecule has 0 atom stereocenters. The zero-order chi connectivity index (χ0) is 18.4. The van der Waals surface area contributed by atoms with Crippen LogP contribution in [0.25, 0.3) is 0 Å². The number of ether oxygens (including phenoxy) is 2. The van der Waals surface area contributed by atoms with Gasteiger partial charge >= 0.3 is 0 Å². The van der Waals surface area contributed by atoms with Crippen molar-refractivity contribution in [2.75, 3.05) is 62.9 Å². The summed E-state index contributed by atoms with van der Waals surface area (Å²) in [6.45, 7) is 7.20. The van der Waals surface area contributed by atoms with Gasteiger partial charge in [-0.15, -0.1) is 0 Å². The smallest absolute Gasteiger partial charge is 0.159 e. The minimum absolute atomic E-state index is 0.484. The summed E-state index contributed by atoms with van der Waals surface area (Å²) in [5.41, 5.74) is 8.67. The SMILES string of the molecule is COc1ccc(C)cc1Nc1ncnc(NCCN2CCOCC2)c1N. The number of rotatable bonds is 7. The first-order valence-electron chi connectivity index (χ1n) is 8.73. The Labute approximate surface area is 153 Å². The van der Waals surface area contributed by atoms with Gasteiger partial charge in [0.2, 0.25) is 0 Å². The molecular formula is C18H26N6O2. The normalized spacial score (nSPS) is 14.8. The monoisotopic (exact) mass is 358 g/mol. The first kappa shape index (κ1) is 18.2. The minimum Gasteiger partial charge on any atom is -0.495 e. The van der Waals surface area contributed by atoms with E-state index < -0.39 is 0 Å². The Hall–Kier alpha value is -2.58. The van der Waals surface area contributed by atoms with Crippen molar-refractivity contribution >= 4 is 23.0 Å². The minimum atomic E-state index is 0.484. The van der Waals surface area contributed by atoms with E-state index in [0.717, 1.165) is 56.4 Å². The summed E-state index contributed by atoms with van der Waals surface area (Å²) in [6.07, 6.45) is 1.50. The topological polar surface area (TPSA) is 97.6 Å². The molecule has 0 unspecified atom stereocenters. The lowest BCUT2D eigenvalue weighted by atomic mass is 10.2. The fourth-order valence-electron chi connectivity index (χ4n) is 2.84. The van der Waals surface area contributed by atoms with E-state index in [9.17, 15) is 0 Å². The average Bonchev–Trinajstić information content (AvgIpc) is 2.66. The summed E-state index contributed by atoms with van der Waals surface area (Å²) >= 11 is 0. The summed E-state index contributed by atoms with van der Waals surface area (Å²) in [5, 5.41) is 6.54. The van der Waals surface area contributed by atoms with Crippen LogP contribution in [0.15, 0.2) is 24.5 Å². The number of nitrogen functional groups attached to an aromatic ring is 1. The van der Waals surface area contributed by atoms with Gasteiger partial charge in [0.25, 0.3) is 0 Å². The number of benzene rings is 1. The Kier molecular flexibility index (Phi) is 6.08. The molecule has 0 aliphatic carbocycles. The summed E-state index contributed by atoms with van der Waals surface area (Å²) in [5.74, 6) is 1.91. The van der Waals surface area contributed by atoms with E-state index in [1.54, 1.807) is 7.11 Å². The van der Waals surface area contributed by atoms with Gasteiger partial charge in [-0.3, -0.25) is 4.90 Å². The maximum Gasteiger partial charge on any atom is 0.159 e. The number of methoxy groups -OCH3 is 1. The van der Waals surface area contributed by atoms with Crippen molar-refractivity contribution in [2.45, 2.75) is 6.92 Å². The molecule has 8 heteroatoms. The molecule has 1 aliphatic heterocycles. The van der Waals surface area contributed by atoms with Crippen molar-refractivity contribution < 1.29 is 9.47 Å². The fraction of sp³-hybridized carbons (Fsp3) is 0.444. The number of aryl methyl sites for hydroxylation is 1. The predicted molar refractivity (Wildman–Crippen MR) is 103 cm³/mol. The Morgan fingerprint density at radius 2 is 2.00 bits per heavy atom. The van der Waals surface area contributed by atoms with E-state index in [-0.39, 0.29) is 0 Å². The van der Waals surface area contributed by atoms with Crippen LogP contribution in [-0.2, 0) is 4.74 Å². The molecule has 8 nitrogen and oxygen atoms in total. The van der Waals surface area contributed by atoms with Crippen LogP contribution in [0.5, 0.6) is 5.75 Å². The Balaban J connectivity index is 1.66. The van der Waals surface area contributed by atoms with Crippen molar-refractivity contribution in [3.05, 3.63) is 30.1 Å². The van der Waals surface area contributed by atoms with Gasteiger partial charge < -0.3 is 25.8 Å². The second kappa shape index (κ2) is 8.68. The molecule has 3 rings (SSSR count). The number of nitrogens with one attached hydrogen (secondary N) is 2. The molecule has 1 aliphatic rings. The molecule has 1 aromatic carbocycles. The molecule has 4 N–H and O–H groups in total. The van der Waals surface area contributed by atoms with E-state index in [0.29, 0.717) is 17.3 Å². The summed E-state index contributed by atoms with van der Waals surface area (Å²) in [4.78, 5) is 10.9. The van der Waals surface area contributed by atoms with E-state index >= 15 is 0 Å². The van der Waals surface area contributed by atoms with Crippen molar-refractivity contribution in [1.29, 1.82) is 0 Å². The molecule has 0 saturated carbocycles. The van der Waals surface area contributed by atoms with Crippen LogP contribution < -0.4 is 21.1 Å². The fourth-order valence-corrected chi connectivity index (χ4v) is 2.84. The van der Waals surface area contributed by atoms with Crippen LogP contribution in [0.4, 0.5) is 23.0 Å². The maximum atomic E-state index is 6.26. The second-order valence-corrected chi connectivity index (χ2v) is 6.19. The van der Waals surface area contributed by atoms with Gasteiger partial charge in [-0.1, -0.05) is 6.07 Å². The van der Waals surface area contributed by atoms with Gasteiger partial charge in [-0.2, -0.15) is 0 Å². The molecule has 2 aromatic rings. The van der Waals surface area contributed by atoms with E-state index in [1.165, 1.54) is 6.33 Å². The quantitative estimate of drug-likeness (QED) is 0.690.